The average molecular weight is 170 g/mol. The lowest BCUT2D eigenvalue weighted by Crippen LogP contribution is -2.61. The number of rotatable bonds is 2. The van der Waals surface area contributed by atoms with Crippen LogP contribution in [0.15, 0.2) is 0 Å². The molecule has 3 saturated heterocycles. The van der Waals surface area contributed by atoms with Crippen LogP contribution in [0.2, 0.25) is 0 Å². The lowest BCUT2D eigenvalue weighted by molar-refractivity contribution is -0.0133. The predicted octanol–water partition coefficient (Wildman–Crippen LogP) is -0.243. The number of hydrogen-bond acceptors (Lipinski definition) is 3. The summed E-state index contributed by atoms with van der Waals surface area (Å²) in [5, 5.41) is 8.86. The van der Waals surface area contributed by atoms with Crippen molar-refractivity contribution in [2.75, 3.05) is 33.3 Å². The van der Waals surface area contributed by atoms with Gasteiger partial charge in [0.1, 0.15) is 0 Å². The van der Waals surface area contributed by atoms with E-state index < -0.39 is 0 Å². The van der Waals surface area contributed by atoms with Crippen LogP contribution >= 0.6 is 0 Å². The van der Waals surface area contributed by atoms with Gasteiger partial charge in [-0.05, 0) is 19.9 Å². The Balaban J connectivity index is 1.96. The van der Waals surface area contributed by atoms with E-state index in [0.29, 0.717) is 12.6 Å². The summed E-state index contributed by atoms with van der Waals surface area (Å²) in [6.07, 6.45) is 2.68. The van der Waals surface area contributed by atoms with Gasteiger partial charge in [-0.3, -0.25) is 4.90 Å². The molecule has 3 rings (SSSR count). The Bertz CT molecular complexity index is 161. The Morgan fingerprint density at radius 3 is 2.50 bits per heavy atom. The van der Waals surface area contributed by atoms with Gasteiger partial charge >= 0.3 is 0 Å². The van der Waals surface area contributed by atoms with Crippen molar-refractivity contribution < 1.29 is 5.11 Å². The third-order valence-electron chi connectivity index (χ3n) is 3.30. The van der Waals surface area contributed by atoms with Crippen LogP contribution < -0.4 is 0 Å². The quantitative estimate of drug-likeness (QED) is 0.619. The summed E-state index contributed by atoms with van der Waals surface area (Å²) in [4.78, 5) is 4.90. The van der Waals surface area contributed by atoms with Crippen molar-refractivity contribution in [2.45, 2.75) is 24.9 Å². The first-order valence-electron chi connectivity index (χ1n) is 4.86. The van der Waals surface area contributed by atoms with Crippen molar-refractivity contribution in [3.8, 4) is 0 Å². The maximum atomic E-state index is 8.86. The van der Waals surface area contributed by atoms with Gasteiger partial charge in [-0.2, -0.15) is 0 Å². The van der Waals surface area contributed by atoms with E-state index in [1.54, 1.807) is 0 Å². The van der Waals surface area contributed by atoms with E-state index in [4.69, 9.17) is 5.11 Å². The number of likely N-dealkylation sites (N-methyl/N-ethyl adjacent to an activating group) is 1. The molecule has 0 amide bonds. The Morgan fingerprint density at radius 2 is 2.00 bits per heavy atom. The lowest BCUT2D eigenvalue weighted by atomic mass is 9.91. The third-order valence-corrected chi connectivity index (χ3v) is 3.30. The van der Waals surface area contributed by atoms with Crippen molar-refractivity contribution in [2.24, 2.45) is 0 Å². The van der Waals surface area contributed by atoms with Crippen LogP contribution in [-0.4, -0.2) is 60.3 Å². The standard InChI is InChI=1S/C9H18N2O/c1-10-6-9-3-2-8(10)7-11(9)4-5-12/h8-9,12H,2-7H2,1H3/t8-,9-/m1/s1. The molecule has 0 aliphatic carbocycles. The van der Waals surface area contributed by atoms with Crippen molar-refractivity contribution in [1.29, 1.82) is 0 Å². The first-order valence-corrected chi connectivity index (χ1v) is 4.86. The van der Waals surface area contributed by atoms with E-state index in [0.717, 1.165) is 12.6 Å². The Kier molecular flexibility index (Phi) is 2.35. The minimum Gasteiger partial charge on any atom is -0.395 e. The largest absolute Gasteiger partial charge is 0.395 e. The molecule has 12 heavy (non-hydrogen) atoms. The maximum absolute atomic E-state index is 8.86. The van der Waals surface area contributed by atoms with Gasteiger partial charge in [-0.15, -0.1) is 0 Å². The van der Waals surface area contributed by atoms with Crippen molar-refractivity contribution in [3.63, 3.8) is 0 Å². The van der Waals surface area contributed by atoms with Gasteiger partial charge in [0.25, 0.3) is 0 Å². The van der Waals surface area contributed by atoms with E-state index in [2.05, 4.69) is 16.8 Å². The van der Waals surface area contributed by atoms with Crippen molar-refractivity contribution in [3.05, 3.63) is 0 Å². The number of aliphatic hydroxyl groups is 1. The minimum absolute atomic E-state index is 0.312. The highest BCUT2D eigenvalue weighted by atomic mass is 16.3. The monoisotopic (exact) mass is 170 g/mol. The summed E-state index contributed by atoms with van der Waals surface area (Å²) in [6.45, 7) is 3.55. The zero-order valence-electron chi connectivity index (χ0n) is 7.74. The van der Waals surface area contributed by atoms with Crippen LogP contribution in [0, 0.1) is 0 Å². The average Bonchev–Trinajstić information content (AvgIpc) is 2.07. The predicted molar refractivity (Wildman–Crippen MR) is 48.1 cm³/mol. The lowest BCUT2D eigenvalue weighted by Gasteiger charge is -2.50. The van der Waals surface area contributed by atoms with E-state index in [9.17, 15) is 0 Å². The number of piperazine rings is 1. The molecular formula is C9H18N2O. The molecule has 1 N–H and O–H groups in total. The molecule has 0 unspecified atom stereocenters. The molecule has 0 aromatic rings. The normalized spacial score (nSPS) is 37.5. The minimum atomic E-state index is 0.312. The molecule has 3 fully saturated rings. The van der Waals surface area contributed by atoms with Gasteiger partial charge < -0.3 is 10.0 Å². The van der Waals surface area contributed by atoms with E-state index in [-0.39, 0.29) is 0 Å². The van der Waals surface area contributed by atoms with Gasteiger partial charge in [0.15, 0.2) is 0 Å². The summed E-state index contributed by atoms with van der Waals surface area (Å²) in [5.74, 6) is 0. The Hall–Kier alpha value is -0.120. The highest BCUT2D eigenvalue weighted by Gasteiger charge is 2.36. The number of piperidine rings is 2. The van der Waals surface area contributed by atoms with Gasteiger partial charge in [0, 0.05) is 31.7 Å². The molecule has 3 aliphatic heterocycles. The number of fused-ring (bicyclic) bond motifs is 3. The van der Waals surface area contributed by atoms with Gasteiger partial charge in [0.2, 0.25) is 0 Å². The summed E-state index contributed by atoms with van der Waals surface area (Å²) >= 11 is 0. The first kappa shape index (κ1) is 8.48. The van der Waals surface area contributed by atoms with Gasteiger partial charge in [0.05, 0.1) is 6.61 Å². The Labute approximate surface area is 74.0 Å². The first-order chi connectivity index (χ1) is 5.81. The molecule has 0 spiro atoms. The molecule has 0 radical (unpaired) electrons. The molecule has 0 aromatic carbocycles. The topological polar surface area (TPSA) is 26.7 Å². The zero-order chi connectivity index (χ0) is 8.55. The summed E-state index contributed by atoms with van der Waals surface area (Å²) in [5.41, 5.74) is 0. The second kappa shape index (κ2) is 3.32. The molecule has 2 atom stereocenters. The van der Waals surface area contributed by atoms with Crippen LogP contribution in [0.5, 0.6) is 0 Å². The van der Waals surface area contributed by atoms with Crippen LogP contribution in [0.1, 0.15) is 12.8 Å². The van der Waals surface area contributed by atoms with Crippen molar-refractivity contribution >= 4 is 0 Å². The van der Waals surface area contributed by atoms with Crippen LogP contribution in [-0.2, 0) is 0 Å². The van der Waals surface area contributed by atoms with Gasteiger partial charge in [-0.25, -0.2) is 0 Å². The third kappa shape index (κ3) is 1.37. The van der Waals surface area contributed by atoms with E-state index in [1.165, 1.54) is 25.9 Å². The van der Waals surface area contributed by atoms with Crippen LogP contribution in [0.4, 0.5) is 0 Å². The second-order valence-corrected chi connectivity index (χ2v) is 4.04. The summed E-state index contributed by atoms with van der Waals surface area (Å²) in [6, 6.07) is 1.47. The highest BCUT2D eigenvalue weighted by molar-refractivity contribution is 4.93. The fraction of sp³-hybridized carbons (Fsp3) is 1.00. The van der Waals surface area contributed by atoms with E-state index in [1.807, 2.05) is 0 Å². The molecule has 2 bridgehead atoms. The zero-order valence-corrected chi connectivity index (χ0v) is 7.74. The number of aliphatic hydroxyl groups excluding tert-OH is 1. The molecule has 0 aromatic heterocycles. The molecular weight excluding hydrogens is 152 g/mol. The molecule has 3 nitrogen and oxygen atoms in total. The van der Waals surface area contributed by atoms with Crippen LogP contribution in [0.3, 0.4) is 0 Å². The summed E-state index contributed by atoms with van der Waals surface area (Å²) < 4.78 is 0. The fourth-order valence-corrected chi connectivity index (χ4v) is 2.53. The van der Waals surface area contributed by atoms with Crippen LogP contribution in [0.25, 0.3) is 0 Å². The maximum Gasteiger partial charge on any atom is 0.0558 e. The van der Waals surface area contributed by atoms with Crippen molar-refractivity contribution in [1.82, 2.24) is 9.80 Å². The summed E-state index contributed by atoms with van der Waals surface area (Å²) in [7, 11) is 2.22. The number of hydrogen-bond donors (Lipinski definition) is 1. The SMILES string of the molecule is CN1C[C@H]2CC[C@@H]1CN2CCO. The Morgan fingerprint density at radius 1 is 1.25 bits per heavy atom. The van der Waals surface area contributed by atoms with Gasteiger partial charge in [-0.1, -0.05) is 0 Å². The number of nitrogens with zero attached hydrogens (tertiary/aromatic N) is 2. The molecule has 3 heteroatoms. The second-order valence-electron chi connectivity index (χ2n) is 4.04. The molecule has 3 aliphatic rings. The van der Waals surface area contributed by atoms with E-state index >= 15 is 0 Å². The molecule has 0 saturated carbocycles. The fourth-order valence-electron chi connectivity index (χ4n) is 2.53. The smallest absolute Gasteiger partial charge is 0.0558 e. The molecule has 70 valence electrons. The highest BCUT2D eigenvalue weighted by Crippen LogP contribution is 2.26. The molecule has 3 heterocycles.